The third kappa shape index (κ3) is 2.18. The summed E-state index contributed by atoms with van der Waals surface area (Å²) in [4.78, 5) is 8.88. The van der Waals surface area contributed by atoms with Crippen LogP contribution in [0.4, 0.5) is 0 Å². The van der Waals surface area contributed by atoms with Gasteiger partial charge in [0, 0.05) is 10.3 Å². The summed E-state index contributed by atoms with van der Waals surface area (Å²) in [5.74, 6) is 0. The number of halogens is 1. The number of pyridine rings is 1. The Balaban J connectivity index is 2.01. The van der Waals surface area contributed by atoms with Crippen LogP contribution in [0.15, 0.2) is 42.6 Å². The van der Waals surface area contributed by atoms with E-state index < -0.39 is 0 Å². The van der Waals surface area contributed by atoms with E-state index in [0.717, 1.165) is 26.3 Å². The van der Waals surface area contributed by atoms with E-state index in [1.54, 1.807) is 11.3 Å². The highest BCUT2D eigenvalue weighted by atomic mass is 35.5. The van der Waals surface area contributed by atoms with Crippen LogP contribution in [0, 0.1) is 4.77 Å². The van der Waals surface area contributed by atoms with Crippen molar-refractivity contribution < 1.29 is 0 Å². The van der Waals surface area contributed by atoms with Gasteiger partial charge in [0.05, 0.1) is 33.6 Å². The average molecular weight is 332 g/mol. The number of aromatic nitrogens is 3. The number of fused-ring (bicyclic) bond motifs is 3. The SMILES string of the molecule is S=c1[nH]c2cnc3ccccc3c2n1Cc1ccc(Cl)s1. The molecule has 0 spiro atoms. The largest absolute Gasteiger partial charge is 0.329 e. The molecule has 3 heterocycles. The van der Waals surface area contributed by atoms with Crippen molar-refractivity contribution in [2.45, 2.75) is 6.54 Å². The number of hydrogen-bond acceptors (Lipinski definition) is 3. The van der Waals surface area contributed by atoms with E-state index in [1.165, 1.54) is 4.88 Å². The van der Waals surface area contributed by atoms with Gasteiger partial charge in [0.25, 0.3) is 0 Å². The predicted molar refractivity (Wildman–Crippen MR) is 90.9 cm³/mol. The molecule has 104 valence electrons. The van der Waals surface area contributed by atoms with Crippen LogP contribution in [-0.4, -0.2) is 14.5 Å². The first-order chi connectivity index (χ1) is 10.2. The lowest BCUT2D eigenvalue weighted by molar-refractivity contribution is 0.825. The monoisotopic (exact) mass is 331 g/mol. The van der Waals surface area contributed by atoms with Gasteiger partial charge in [-0.15, -0.1) is 11.3 Å². The zero-order chi connectivity index (χ0) is 14.4. The normalized spacial score (nSPS) is 11.5. The number of aromatic amines is 1. The van der Waals surface area contributed by atoms with Crippen LogP contribution in [0.3, 0.4) is 0 Å². The van der Waals surface area contributed by atoms with Crippen LogP contribution >= 0.6 is 35.2 Å². The van der Waals surface area contributed by atoms with Gasteiger partial charge in [-0.3, -0.25) is 4.98 Å². The summed E-state index contributed by atoms with van der Waals surface area (Å²) in [5, 5.41) is 1.10. The number of nitrogens with one attached hydrogen (secondary N) is 1. The maximum absolute atomic E-state index is 6.02. The lowest BCUT2D eigenvalue weighted by Crippen LogP contribution is -1.98. The van der Waals surface area contributed by atoms with Crippen LogP contribution < -0.4 is 0 Å². The molecule has 0 bridgehead atoms. The minimum Gasteiger partial charge on any atom is -0.329 e. The van der Waals surface area contributed by atoms with Crippen molar-refractivity contribution in [3.63, 3.8) is 0 Å². The number of hydrogen-bond donors (Lipinski definition) is 1. The van der Waals surface area contributed by atoms with Crippen molar-refractivity contribution in [1.82, 2.24) is 14.5 Å². The molecular weight excluding hydrogens is 322 g/mol. The molecule has 1 N–H and O–H groups in total. The summed E-state index contributed by atoms with van der Waals surface area (Å²) in [6.07, 6.45) is 1.84. The van der Waals surface area contributed by atoms with Crippen LogP contribution in [0.5, 0.6) is 0 Å². The number of para-hydroxylation sites is 1. The Morgan fingerprint density at radius 1 is 1.24 bits per heavy atom. The molecule has 0 saturated carbocycles. The summed E-state index contributed by atoms with van der Waals surface area (Å²) >= 11 is 13.1. The number of nitrogens with zero attached hydrogens (tertiary/aromatic N) is 2. The van der Waals surface area contributed by atoms with Crippen LogP contribution in [0.2, 0.25) is 4.34 Å². The summed E-state index contributed by atoms with van der Waals surface area (Å²) in [6, 6.07) is 12.1. The van der Waals surface area contributed by atoms with Gasteiger partial charge in [-0.2, -0.15) is 0 Å². The van der Waals surface area contributed by atoms with E-state index in [9.17, 15) is 0 Å². The molecule has 0 fully saturated rings. The molecular formula is C15H10ClN3S2. The number of imidazole rings is 1. The van der Waals surface area contributed by atoms with Crippen LogP contribution in [0.1, 0.15) is 4.88 Å². The Morgan fingerprint density at radius 2 is 2.10 bits per heavy atom. The summed E-state index contributed by atoms with van der Waals surface area (Å²) in [6.45, 7) is 0.713. The topological polar surface area (TPSA) is 33.6 Å². The first-order valence-electron chi connectivity index (χ1n) is 6.43. The second-order valence-corrected chi connectivity index (χ2v) is 6.95. The quantitative estimate of drug-likeness (QED) is 0.524. The molecule has 4 rings (SSSR count). The second kappa shape index (κ2) is 4.94. The molecule has 21 heavy (non-hydrogen) atoms. The second-order valence-electron chi connectivity index (χ2n) is 4.76. The first kappa shape index (κ1) is 13.0. The Morgan fingerprint density at radius 3 is 2.90 bits per heavy atom. The smallest absolute Gasteiger partial charge is 0.178 e. The maximum atomic E-state index is 6.02. The van der Waals surface area contributed by atoms with E-state index in [1.807, 2.05) is 36.5 Å². The lowest BCUT2D eigenvalue weighted by atomic mass is 10.2. The molecule has 4 aromatic rings. The molecule has 0 radical (unpaired) electrons. The standard InChI is InChI=1S/C15H10ClN3S2/c16-13-6-5-9(21-13)8-19-14-10-3-1-2-4-11(10)17-7-12(14)18-15(19)20/h1-7H,8H2,(H,18,20). The lowest BCUT2D eigenvalue weighted by Gasteiger charge is -2.05. The fourth-order valence-corrected chi connectivity index (χ4v) is 3.88. The molecule has 0 aliphatic rings. The third-order valence-electron chi connectivity index (χ3n) is 3.45. The van der Waals surface area contributed by atoms with Crippen molar-refractivity contribution >= 4 is 57.1 Å². The van der Waals surface area contributed by atoms with E-state index in [-0.39, 0.29) is 0 Å². The van der Waals surface area contributed by atoms with E-state index in [2.05, 4.69) is 20.6 Å². The summed E-state index contributed by atoms with van der Waals surface area (Å²) in [5.41, 5.74) is 3.02. The zero-order valence-electron chi connectivity index (χ0n) is 10.8. The minimum absolute atomic E-state index is 0.702. The molecule has 0 aliphatic heterocycles. The van der Waals surface area contributed by atoms with Gasteiger partial charge < -0.3 is 9.55 Å². The van der Waals surface area contributed by atoms with Gasteiger partial charge in [0.1, 0.15) is 0 Å². The predicted octanol–water partition coefficient (Wildman–Crippen LogP) is 5.01. The van der Waals surface area contributed by atoms with E-state index in [4.69, 9.17) is 23.8 Å². The Labute approximate surface area is 134 Å². The van der Waals surface area contributed by atoms with Gasteiger partial charge in [0.2, 0.25) is 0 Å². The molecule has 0 saturated heterocycles. The fourth-order valence-electron chi connectivity index (χ4n) is 2.54. The highest BCUT2D eigenvalue weighted by Gasteiger charge is 2.10. The van der Waals surface area contributed by atoms with Crippen molar-refractivity contribution in [3.05, 3.63) is 56.6 Å². The third-order valence-corrected chi connectivity index (χ3v) is 4.98. The molecule has 1 aromatic carbocycles. The van der Waals surface area contributed by atoms with Gasteiger partial charge >= 0.3 is 0 Å². The van der Waals surface area contributed by atoms with E-state index in [0.29, 0.717) is 11.3 Å². The van der Waals surface area contributed by atoms with E-state index >= 15 is 0 Å². The molecule has 0 atom stereocenters. The highest BCUT2D eigenvalue weighted by Crippen LogP contribution is 2.27. The van der Waals surface area contributed by atoms with Crippen LogP contribution in [-0.2, 0) is 6.54 Å². The Kier molecular flexibility index (Phi) is 3.06. The van der Waals surface area contributed by atoms with Gasteiger partial charge in [-0.25, -0.2) is 0 Å². The Hall–Kier alpha value is -1.69. The van der Waals surface area contributed by atoms with Crippen molar-refractivity contribution in [2.75, 3.05) is 0 Å². The number of benzene rings is 1. The Bertz CT molecular complexity index is 1010. The molecule has 0 unspecified atom stereocenters. The molecule has 6 heteroatoms. The number of H-pyrrole nitrogens is 1. The number of thiophene rings is 1. The number of rotatable bonds is 2. The van der Waals surface area contributed by atoms with Gasteiger partial charge in [-0.1, -0.05) is 29.8 Å². The van der Waals surface area contributed by atoms with Crippen molar-refractivity contribution in [3.8, 4) is 0 Å². The highest BCUT2D eigenvalue weighted by molar-refractivity contribution is 7.71. The molecule has 0 aliphatic carbocycles. The zero-order valence-corrected chi connectivity index (χ0v) is 13.2. The minimum atomic E-state index is 0.702. The van der Waals surface area contributed by atoms with Crippen LogP contribution in [0.25, 0.3) is 21.9 Å². The average Bonchev–Trinajstić information content (AvgIpc) is 3.03. The first-order valence-corrected chi connectivity index (χ1v) is 8.03. The van der Waals surface area contributed by atoms with Crippen molar-refractivity contribution in [1.29, 1.82) is 0 Å². The van der Waals surface area contributed by atoms with Gasteiger partial charge in [-0.05, 0) is 30.4 Å². The summed E-state index contributed by atoms with van der Waals surface area (Å²) in [7, 11) is 0. The molecule has 3 aromatic heterocycles. The molecule has 3 nitrogen and oxygen atoms in total. The maximum Gasteiger partial charge on any atom is 0.178 e. The fraction of sp³-hybridized carbons (Fsp3) is 0.0667. The molecule has 0 amide bonds. The van der Waals surface area contributed by atoms with Crippen molar-refractivity contribution in [2.24, 2.45) is 0 Å². The van der Waals surface area contributed by atoms with Gasteiger partial charge in [0.15, 0.2) is 4.77 Å². The summed E-state index contributed by atoms with van der Waals surface area (Å²) < 4.78 is 3.60.